The lowest BCUT2D eigenvalue weighted by atomic mass is 10.0. The molecule has 0 amide bonds. The zero-order chi connectivity index (χ0) is 11.3. The molecule has 0 saturated heterocycles. The first-order chi connectivity index (χ1) is 7.14. The quantitative estimate of drug-likeness (QED) is 0.509. The summed E-state index contributed by atoms with van der Waals surface area (Å²) < 4.78 is 1.02. The van der Waals surface area contributed by atoms with E-state index in [0.29, 0.717) is 6.04 Å². The first-order valence-corrected chi connectivity index (χ1v) is 5.64. The van der Waals surface area contributed by atoms with Crippen molar-refractivity contribution in [3.05, 3.63) is 48.6 Å². The average molecular weight is 204 g/mol. The van der Waals surface area contributed by atoms with E-state index in [1.807, 2.05) is 6.08 Å². The fraction of sp³-hybridized carbons (Fsp3) is 0.429. The highest BCUT2D eigenvalue weighted by Crippen LogP contribution is 2.25. The third-order valence-corrected chi connectivity index (χ3v) is 3.49. The lowest BCUT2D eigenvalue weighted by Crippen LogP contribution is -2.45. The van der Waals surface area contributed by atoms with E-state index >= 15 is 0 Å². The van der Waals surface area contributed by atoms with Crippen molar-refractivity contribution in [1.82, 2.24) is 0 Å². The number of likely N-dealkylation sites (N-methyl/N-ethyl adjacent to an activating group) is 1. The van der Waals surface area contributed by atoms with E-state index in [-0.39, 0.29) is 0 Å². The third-order valence-electron chi connectivity index (χ3n) is 3.49. The van der Waals surface area contributed by atoms with Crippen LogP contribution in [0.4, 0.5) is 0 Å². The number of hydrogen-bond acceptors (Lipinski definition) is 0. The average Bonchev–Trinajstić information content (AvgIpc) is 2.29. The molecule has 0 aromatic heterocycles. The van der Waals surface area contributed by atoms with E-state index in [1.165, 1.54) is 5.56 Å². The molecular formula is C14H22N+. The van der Waals surface area contributed by atoms with Gasteiger partial charge in [-0.25, -0.2) is 0 Å². The maximum absolute atomic E-state index is 3.85. The van der Waals surface area contributed by atoms with E-state index in [9.17, 15) is 0 Å². The van der Waals surface area contributed by atoms with Crippen molar-refractivity contribution in [2.24, 2.45) is 0 Å². The Labute approximate surface area is 93.6 Å². The van der Waals surface area contributed by atoms with Gasteiger partial charge in [0, 0.05) is 5.56 Å². The van der Waals surface area contributed by atoms with Crippen LogP contribution in [0.2, 0.25) is 0 Å². The lowest BCUT2D eigenvalue weighted by molar-refractivity contribution is -0.930. The summed E-state index contributed by atoms with van der Waals surface area (Å²) in [6.45, 7) is 10.5. The van der Waals surface area contributed by atoms with Crippen molar-refractivity contribution >= 4 is 0 Å². The second kappa shape index (κ2) is 5.13. The Bertz CT molecular complexity index is 304. The minimum absolute atomic E-state index is 0.522. The molecule has 0 spiro atoms. The summed E-state index contributed by atoms with van der Waals surface area (Å²) in [5.74, 6) is 0. The Morgan fingerprint density at radius 1 is 1.33 bits per heavy atom. The topological polar surface area (TPSA) is 0 Å². The van der Waals surface area contributed by atoms with Gasteiger partial charge in [0.25, 0.3) is 0 Å². The highest BCUT2D eigenvalue weighted by Gasteiger charge is 2.26. The van der Waals surface area contributed by atoms with Crippen LogP contribution in [0.25, 0.3) is 0 Å². The second-order valence-electron chi connectivity index (χ2n) is 4.35. The smallest absolute Gasteiger partial charge is 0.112 e. The molecule has 0 radical (unpaired) electrons. The fourth-order valence-electron chi connectivity index (χ4n) is 1.95. The SMILES string of the molecule is C=CC[N+](C)(CC)C(C)c1ccccc1. The molecule has 0 fully saturated rings. The standard InChI is InChI=1S/C14H22N/c1-5-12-15(4,6-2)13(3)14-10-8-7-9-11-14/h5,7-11,13H,1,6,12H2,2-4H3/q+1. The predicted molar refractivity (Wildman–Crippen MR) is 66.6 cm³/mol. The normalized spacial score (nSPS) is 16.7. The molecule has 2 atom stereocenters. The van der Waals surface area contributed by atoms with Gasteiger partial charge < -0.3 is 4.48 Å². The summed E-state index contributed by atoms with van der Waals surface area (Å²) in [7, 11) is 2.29. The Kier molecular flexibility index (Phi) is 4.10. The summed E-state index contributed by atoms with van der Waals surface area (Å²) in [5.41, 5.74) is 1.41. The maximum Gasteiger partial charge on any atom is 0.112 e. The Hall–Kier alpha value is -1.08. The molecule has 1 heteroatoms. The van der Waals surface area contributed by atoms with Crippen LogP contribution in [-0.4, -0.2) is 24.6 Å². The molecular weight excluding hydrogens is 182 g/mol. The van der Waals surface area contributed by atoms with Crippen LogP contribution in [0.15, 0.2) is 43.0 Å². The summed E-state index contributed by atoms with van der Waals surface area (Å²) in [5, 5.41) is 0. The van der Waals surface area contributed by atoms with Crippen LogP contribution in [-0.2, 0) is 0 Å². The minimum Gasteiger partial charge on any atom is -0.317 e. The first-order valence-electron chi connectivity index (χ1n) is 5.64. The molecule has 2 unspecified atom stereocenters. The molecule has 0 aliphatic rings. The van der Waals surface area contributed by atoms with E-state index < -0.39 is 0 Å². The van der Waals surface area contributed by atoms with Gasteiger partial charge in [-0.2, -0.15) is 0 Å². The lowest BCUT2D eigenvalue weighted by Gasteiger charge is -2.38. The van der Waals surface area contributed by atoms with E-state index in [0.717, 1.165) is 17.6 Å². The summed E-state index contributed by atoms with van der Waals surface area (Å²) in [4.78, 5) is 0. The Balaban J connectivity index is 2.91. The summed E-state index contributed by atoms with van der Waals surface area (Å²) in [6, 6.07) is 11.2. The monoisotopic (exact) mass is 204 g/mol. The molecule has 0 bridgehead atoms. The van der Waals surface area contributed by atoms with Crippen molar-refractivity contribution in [1.29, 1.82) is 0 Å². The molecule has 15 heavy (non-hydrogen) atoms. The first kappa shape index (κ1) is 12.0. The van der Waals surface area contributed by atoms with Crippen LogP contribution in [0, 0.1) is 0 Å². The number of hydrogen-bond donors (Lipinski definition) is 0. The Morgan fingerprint density at radius 3 is 2.40 bits per heavy atom. The number of nitrogens with zero attached hydrogens (tertiary/aromatic N) is 1. The largest absolute Gasteiger partial charge is 0.317 e. The molecule has 82 valence electrons. The Morgan fingerprint density at radius 2 is 1.93 bits per heavy atom. The number of benzene rings is 1. The van der Waals surface area contributed by atoms with Gasteiger partial charge in [-0.3, -0.25) is 0 Å². The van der Waals surface area contributed by atoms with Crippen molar-refractivity contribution < 1.29 is 4.48 Å². The van der Waals surface area contributed by atoms with Crippen LogP contribution in [0.1, 0.15) is 25.5 Å². The molecule has 1 nitrogen and oxygen atoms in total. The van der Waals surface area contributed by atoms with Crippen LogP contribution in [0.3, 0.4) is 0 Å². The molecule has 1 aromatic carbocycles. The van der Waals surface area contributed by atoms with Crippen LogP contribution >= 0.6 is 0 Å². The van der Waals surface area contributed by atoms with Crippen LogP contribution < -0.4 is 0 Å². The number of rotatable bonds is 5. The molecule has 0 aliphatic carbocycles. The highest BCUT2D eigenvalue weighted by molar-refractivity contribution is 5.16. The van der Waals surface area contributed by atoms with Crippen molar-refractivity contribution in [2.45, 2.75) is 19.9 Å². The molecule has 1 aromatic rings. The van der Waals surface area contributed by atoms with E-state index in [4.69, 9.17) is 0 Å². The molecule has 0 aliphatic heterocycles. The van der Waals surface area contributed by atoms with E-state index in [2.05, 4.69) is 57.8 Å². The van der Waals surface area contributed by atoms with Crippen molar-refractivity contribution in [3.63, 3.8) is 0 Å². The zero-order valence-corrected chi connectivity index (χ0v) is 10.1. The van der Waals surface area contributed by atoms with Gasteiger partial charge in [-0.1, -0.05) is 36.9 Å². The van der Waals surface area contributed by atoms with Gasteiger partial charge in [0.2, 0.25) is 0 Å². The summed E-state index contributed by atoms with van der Waals surface area (Å²) >= 11 is 0. The van der Waals surface area contributed by atoms with Gasteiger partial charge in [0.1, 0.15) is 6.04 Å². The molecule has 0 N–H and O–H groups in total. The fourth-order valence-corrected chi connectivity index (χ4v) is 1.95. The second-order valence-corrected chi connectivity index (χ2v) is 4.35. The van der Waals surface area contributed by atoms with Crippen molar-refractivity contribution in [3.8, 4) is 0 Å². The zero-order valence-electron chi connectivity index (χ0n) is 10.1. The predicted octanol–water partition coefficient (Wildman–Crippen LogP) is 3.40. The maximum atomic E-state index is 3.85. The minimum atomic E-state index is 0.522. The van der Waals surface area contributed by atoms with Gasteiger partial charge in [-0.15, -0.1) is 0 Å². The van der Waals surface area contributed by atoms with Gasteiger partial charge in [0.05, 0.1) is 20.1 Å². The van der Waals surface area contributed by atoms with Gasteiger partial charge in [0.15, 0.2) is 0 Å². The highest BCUT2D eigenvalue weighted by atomic mass is 15.3. The van der Waals surface area contributed by atoms with Crippen molar-refractivity contribution in [2.75, 3.05) is 20.1 Å². The molecule has 1 rings (SSSR count). The number of quaternary nitrogens is 1. The van der Waals surface area contributed by atoms with Crippen LogP contribution in [0.5, 0.6) is 0 Å². The molecule has 0 heterocycles. The summed E-state index contributed by atoms with van der Waals surface area (Å²) in [6.07, 6.45) is 2.02. The van der Waals surface area contributed by atoms with Gasteiger partial charge in [-0.05, 0) is 19.9 Å². The van der Waals surface area contributed by atoms with Gasteiger partial charge >= 0.3 is 0 Å². The molecule has 0 saturated carbocycles. The third kappa shape index (κ3) is 2.69. The van der Waals surface area contributed by atoms with E-state index in [1.54, 1.807) is 0 Å².